The Hall–Kier alpha value is -4.01. The van der Waals surface area contributed by atoms with Gasteiger partial charge in [-0.25, -0.2) is 4.98 Å². The molecule has 32 heavy (non-hydrogen) atoms. The lowest BCUT2D eigenvalue weighted by Crippen LogP contribution is -1.98. The molecule has 156 valence electrons. The molecule has 0 bridgehead atoms. The summed E-state index contributed by atoms with van der Waals surface area (Å²) in [5, 5.41) is 3.55. The highest BCUT2D eigenvalue weighted by atomic mass is 32.1. The fourth-order valence-electron chi connectivity index (χ4n) is 3.69. The largest absolute Gasteiger partial charge is 0.497 e. The number of methoxy groups -OCH3 is 1. The van der Waals surface area contributed by atoms with Crippen LogP contribution in [0.25, 0.3) is 26.7 Å². The molecular formula is C27H21N3OS. The van der Waals surface area contributed by atoms with Crippen LogP contribution < -0.4 is 10.1 Å². The molecule has 0 fully saturated rings. The van der Waals surface area contributed by atoms with Gasteiger partial charge in [0.25, 0.3) is 0 Å². The summed E-state index contributed by atoms with van der Waals surface area (Å²) in [4.78, 5) is 7.05. The highest BCUT2D eigenvalue weighted by molar-refractivity contribution is 7.19. The number of benzene rings is 2. The minimum absolute atomic E-state index is 0.786. The molecule has 4 nitrogen and oxygen atoms in total. The summed E-state index contributed by atoms with van der Waals surface area (Å²) in [6.07, 6.45) is 8.00. The van der Waals surface area contributed by atoms with Gasteiger partial charge in [-0.1, -0.05) is 48.4 Å². The van der Waals surface area contributed by atoms with Gasteiger partial charge in [0.05, 0.1) is 12.0 Å². The van der Waals surface area contributed by atoms with Crippen LogP contribution in [0.15, 0.2) is 79.0 Å². The number of terminal acetylenes is 1. The number of hydrogen-bond acceptors (Lipinski definition) is 4. The quantitative estimate of drug-likeness (QED) is 0.310. The molecule has 0 amide bonds. The minimum atomic E-state index is 0.786. The Labute approximate surface area is 191 Å². The van der Waals surface area contributed by atoms with Crippen LogP contribution in [0.2, 0.25) is 0 Å². The van der Waals surface area contributed by atoms with E-state index < -0.39 is 0 Å². The van der Waals surface area contributed by atoms with Crippen LogP contribution in [0, 0.1) is 19.3 Å². The van der Waals surface area contributed by atoms with Gasteiger partial charge in [0.15, 0.2) is 0 Å². The van der Waals surface area contributed by atoms with Crippen LogP contribution in [0.5, 0.6) is 5.75 Å². The standard InChI is InChI=1S/C27H21N3OS/c1-4-19-15-23(20-9-6-5-7-10-20)32-26(19)25-27(28-21-11-8-12-22(16-21)31-3)30-17-18(2)13-14-24(30)29-25/h1,5-17,28H,2-3H3. The van der Waals surface area contributed by atoms with E-state index in [1.54, 1.807) is 18.4 Å². The molecule has 0 unspecified atom stereocenters. The van der Waals surface area contributed by atoms with Crippen molar-refractivity contribution in [3.63, 3.8) is 0 Å². The molecule has 5 rings (SSSR count). The summed E-state index contributed by atoms with van der Waals surface area (Å²) in [5.41, 5.74) is 5.72. The van der Waals surface area contributed by atoms with Crippen LogP contribution in [0.1, 0.15) is 11.1 Å². The first-order valence-corrected chi connectivity index (χ1v) is 11.0. The SMILES string of the molecule is C#Cc1cc(-c2ccccc2)sc1-c1nc2ccc(C)cn2c1Nc1cccc(OC)c1. The number of ether oxygens (including phenoxy) is 1. The normalized spacial score (nSPS) is 10.8. The molecule has 1 N–H and O–H groups in total. The molecule has 0 aliphatic rings. The summed E-state index contributed by atoms with van der Waals surface area (Å²) in [6.45, 7) is 2.07. The number of hydrogen-bond donors (Lipinski definition) is 1. The van der Waals surface area contributed by atoms with E-state index in [4.69, 9.17) is 16.1 Å². The molecule has 0 aliphatic carbocycles. The van der Waals surface area contributed by atoms with E-state index in [0.717, 1.165) is 55.0 Å². The minimum Gasteiger partial charge on any atom is -0.497 e. The number of anilines is 2. The van der Waals surface area contributed by atoms with Gasteiger partial charge in [0.1, 0.15) is 22.9 Å². The molecule has 3 heterocycles. The van der Waals surface area contributed by atoms with Gasteiger partial charge in [-0.15, -0.1) is 17.8 Å². The number of thiophene rings is 1. The van der Waals surface area contributed by atoms with E-state index in [1.165, 1.54) is 0 Å². The molecule has 0 atom stereocenters. The highest BCUT2D eigenvalue weighted by Gasteiger charge is 2.20. The number of aryl methyl sites for hydroxylation is 1. The third kappa shape index (κ3) is 3.62. The number of aromatic nitrogens is 2. The van der Waals surface area contributed by atoms with Gasteiger partial charge in [0, 0.05) is 28.4 Å². The number of nitrogens with one attached hydrogen (secondary N) is 1. The van der Waals surface area contributed by atoms with Gasteiger partial charge in [0.2, 0.25) is 0 Å². The van der Waals surface area contributed by atoms with E-state index in [1.807, 2.05) is 48.5 Å². The van der Waals surface area contributed by atoms with E-state index >= 15 is 0 Å². The Morgan fingerprint density at radius 1 is 1.03 bits per heavy atom. The molecule has 3 aromatic heterocycles. The summed E-state index contributed by atoms with van der Waals surface area (Å²) in [5.74, 6) is 4.52. The molecule has 0 saturated heterocycles. The maximum atomic E-state index is 5.92. The van der Waals surface area contributed by atoms with Crippen LogP contribution in [0.4, 0.5) is 11.5 Å². The molecule has 5 aromatic rings. The predicted octanol–water partition coefficient (Wildman–Crippen LogP) is 6.77. The third-order valence-corrected chi connectivity index (χ3v) is 6.45. The number of pyridine rings is 1. The summed E-state index contributed by atoms with van der Waals surface area (Å²) in [6, 6.07) is 24.3. The van der Waals surface area contributed by atoms with Crippen molar-refractivity contribution in [1.29, 1.82) is 0 Å². The van der Waals surface area contributed by atoms with Crippen molar-refractivity contribution in [3.05, 3.63) is 90.1 Å². The third-order valence-electron chi connectivity index (χ3n) is 5.26. The van der Waals surface area contributed by atoms with E-state index in [9.17, 15) is 0 Å². The van der Waals surface area contributed by atoms with Gasteiger partial charge in [-0.05, 0) is 42.3 Å². The molecule has 5 heteroatoms. The van der Waals surface area contributed by atoms with Crippen molar-refractivity contribution >= 4 is 28.5 Å². The monoisotopic (exact) mass is 435 g/mol. The first-order valence-electron chi connectivity index (χ1n) is 10.2. The predicted molar refractivity (Wildman–Crippen MR) is 133 cm³/mol. The average Bonchev–Trinajstić information content (AvgIpc) is 3.41. The van der Waals surface area contributed by atoms with Gasteiger partial charge < -0.3 is 10.1 Å². The van der Waals surface area contributed by atoms with Crippen LogP contribution >= 0.6 is 11.3 Å². The molecule has 0 spiro atoms. The second kappa shape index (κ2) is 8.26. The van der Waals surface area contributed by atoms with E-state index in [0.29, 0.717) is 0 Å². The van der Waals surface area contributed by atoms with Crippen molar-refractivity contribution in [2.45, 2.75) is 6.92 Å². The Balaban J connectivity index is 1.70. The lowest BCUT2D eigenvalue weighted by atomic mass is 10.1. The Morgan fingerprint density at radius 3 is 2.66 bits per heavy atom. The second-order valence-electron chi connectivity index (χ2n) is 7.46. The average molecular weight is 436 g/mol. The smallest absolute Gasteiger partial charge is 0.144 e. The van der Waals surface area contributed by atoms with Gasteiger partial charge in [-0.3, -0.25) is 4.40 Å². The number of rotatable bonds is 5. The fourth-order valence-corrected chi connectivity index (χ4v) is 4.80. The van der Waals surface area contributed by atoms with Crippen molar-refractivity contribution in [2.75, 3.05) is 12.4 Å². The Morgan fingerprint density at radius 2 is 1.88 bits per heavy atom. The second-order valence-corrected chi connectivity index (χ2v) is 8.52. The van der Waals surface area contributed by atoms with E-state index in [2.05, 4.69) is 53.0 Å². The first-order chi connectivity index (χ1) is 15.7. The van der Waals surface area contributed by atoms with Gasteiger partial charge >= 0.3 is 0 Å². The number of fused-ring (bicyclic) bond motifs is 1. The first kappa shape index (κ1) is 19.9. The number of nitrogens with zero attached hydrogens (tertiary/aromatic N) is 2. The molecular weight excluding hydrogens is 414 g/mol. The van der Waals surface area contributed by atoms with E-state index in [-0.39, 0.29) is 0 Å². The van der Waals surface area contributed by atoms with Crippen LogP contribution in [-0.2, 0) is 0 Å². The molecule has 2 aromatic carbocycles. The van der Waals surface area contributed by atoms with Crippen LogP contribution in [-0.4, -0.2) is 16.5 Å². The zero-order valence-corrected chi connectivity index (χ0v) is 18.6. The number of imidazole rings is 1. The Kier molecular flexibility index (Phi) is 5.14. The highest BCUT2D eigenvalue weighted by Crippen LogP contribution is 2.41. The van der Waals surface area contributed by atoms with Crippen LogP contribution in [0.3, 0.4) is 0 Å². The lowest BCUT2D eigenvalue weighted by molar-refractivity contribution is 0.415. The molecule has 0 saturated carbocycles. The summed E-state index contributed by atoms with van der Waals surface area (Å²) < 4.78 is 7.47. The fraction of sp³-hybridized carbons (Fsp3) is 0.0741. The van der Waals surface area contributed by atoms with Crippen molar-refractivity contribution in [2.24, 2.45) is 0 Å². The van der Waals surface area contributed by atoms with Crippen molar-refractivity contribution < 1.29 is 4.74 Å². The maximum Gasteiger partial charge on any atom is 0.144 e. The van der Waals surface area contributed by atoms with Crippen molar-refractivity contribution in [1.82, 2.24) is 9.38 Å². The lowest BCUT2D eigenvalue weighted by Gasteiger charge is -2.10. The zero-order valence-electron chi connectivity index (χ0n) is 17.8. The van der Waals surface area contributed by atoms with Crippen molar-refractivity contribution in [3.8, 4) is 39.1 Å². The Bertz CT molecular complexity index is 1460. The molecule has 0 aliphatic heterocycles. The summed E-state index contributed by atoms with van der Waals surface area (Å²) in [7, 11) is 1.66. The zero-order chi connectivity index (χ0) is 22.1. The topological polar surface area (TPSA) is 38.6 Å². The molecule has 0 radical (unpaired) electrons. The summed E-state index contributed by atoms with van der Waals surface area (Å²) >= 11 is 1.66. The maximum absolute atomic E-state index is 5.92. The van der Waals surface area contributed by atoms with Gasteiger partial charge in [-0.2, -0.15) is 0 Å².